The Balaban J connectivity index is 2.40. The molecular formula is C13H17ClFNO3S. The number of nitrogens with zero attached hydrogens (tertiary/aromatic N) is 1. The van der Waals surface area contributed by atoms with Crippen LogP contribution in [0.15, 0.2) is 23.1 Å². The predicted octanol–water partition coefficient (Wildman–Crippen LogP) is 2.40. The second kappa shape index (κ2) is 6.39. The van der Waals surface area contributed by atoms with E-state index in [4.69, 9.17) is 16.7 Å². The molecule has 1 aromatic carbocycles. The third kappa shape index (κ3) is 2.98. The van der Waals surface area contributed by atoms with Crippen LogP contribution in [0.4, 0.5) is 4.39 Å². The van der Waals surface area contributed by atoms with Crippen LogP contribution in [0, 0.1) is 5.82 Å². The van der Waals surface area contributed by atoms with E-state index in [2.05, 4.69) is 0 Å². The summed E-state index contributed by atoms with van der Waals surface area (Å²) in [6.07, 6.45) is 2.70. The van der Waals surface area contributed by atoms with Crippen molar-refractivity contribution in [1.82, 2.24) is 4.31 Å². The van der Waals surface area contributed by atoms with Gasteiger partial charge in [0.05, 0.1) is 5.02 Å². The second-order valence-electron chi connectivity index (χ2n) is 4.83. The van der Waals surface area contributed by atoms with E-state index in [-0.39, 0.29) is 17.7 Å². The van der Waals surface area contributed by atoms with Gasteiger partial charge in [-0.1, -0.05) is 24.1 Å². The summed E-state index contributed by atoms with van der Waals surface area (Å²) in [5.74, 6) is -0.914. The van der Waals surface area contributed by atoms with Crippen molar-refractivity contribution >= 4 is 21.6 Å². The highest BCUT2D eigenvalue weighted by Crippen LogP contribution is 2.30. The van der Waals surface area contributed by atoms with E-state index in [0.29, 0.717) is 19.4 Å². The van der Waals surface area contributed by atoms with E-state index in [9.17, 15) is 12.8 Å². The van der Waals surface area contributed by atoms with Gasteiger partial charge in [0.1, 0.15) is 4.90 Å². The maximum Gasteiger partial charge on any atom is 0.246 e. The Morgan fingerprint density at radius 2 is 2.15 bits per heavy atom. The standard InChI is InChI=1S/C13H17ClFNO3S/c14-11-5-3-6-12(13(11)15)20(18,19)16-8-2-1-4-10(16)7-9-17/h3,5-6,10,17H,1-2,4,7-9H2. The minimum absolute atomic E-state index is 0.0886. The van der Waals surface area contributed by atoms with E-state index in [0.717, 1.165) is 12.8 Å². The summed E-state index contributed by atoms with van der Waals surface area (Å²) in [6.45, 7) is 0.258. The normalized spacial score (nSPS) is 21.1. The third-order valence-corrected chi connectivity index (χ3v) is 5.80. The van der Waals surface area contributed by atoms with Crippen molar-refractivity contribution < 1.29 is 17.9 Å². The smallest absolute Gasteiger partial charge is 0.246 e. The zero-order valence-electron chi connectivity index (χ0n) is 10.9. The first-order valence-electron chi connectivity index (χ1n) is 6.55. The maximum atomic E-state index is 14.0. The summed E-state index contributed by atoms with van der Waals surface area (Å²) < 4.78 is 40.5. The van der Waals surface area contributed by atoms with Crippen LogP contribution in [0.3, 0.4) is 0 Å². The molecular weight excluding hydrogens is 305 g/mol. The van der Waals surface area contributed by atoms with Crippen molar-refractivity contribution in [3.8, 4) is 0 Å². The Kier molecular flexibility index (Phi) is 5.01. The summed E-state index contributed by atoms with van der Waals surface area (Å²) in [6, 6.07) is 3.68. The van der Waals surface area contributed by atoms with Gasteiger partial charge in [0.2, 0.25) is 10.0 Å². The quantitative estimate of drug-likeness (QED) is 0.926. The van der Waals surface area contributed by atoms with Crippen LogP contribution in [0.25, 0.3) is 0 Å². The largest absolute Gasteiger partial charge is 0.396 e. The highest BCUT2D eigenvalue weighted by Gasteiger charge is 2.35. The van der Waals surface area contributed by atoms with Crippen molar-refractivity contribution in [2.75, 3.05) is 13.2 Å². The second-order valence-corrected chi connectivity index (χ2v) is 7.10. The maximum absolute atomic E-state index is 14.0. The van der Waals surface area contributed by atoms with Crippen LogP contribution >= 0.6 is 11.6 Å². The summed E-state index contributed by atoms with van der Waals surface area (Å²) in [4.78, 5) is -0.394. The third-order valence-electron chi connectivity index (χ3n) is 3.54. The minimum Gasteiger partial charge on any atom is -0.396 e. The molecule has 1 aromatic rings. The van der Waals surface area contributed by atoms with Crippen LogP contribution < -0.4 is 0 Å². The van der Waals surface area contributed by atoms with Crippen LogP contribution in [0.2, 0.25) is 5.02 Å². The SMILES string of the molecule is O=S(=O)(c1cccc(Cl)c1F)N1CCCCC1CCO. The lowest BCUT2D eigenvalue weighted by molar-refractivity contribution is 0.192. The number of rotatable bonds is 4. The lowest BCUT2D eigenvalue weighted by Gasteiger charge is -2.34. The van der Waals surface area contributed by atoms with E-state index < -0.39 is 20.7 Å². The van der Waals surface area contributed by atoms with Crippen LogP contribution in [-0.4, -0.2) is 37.0 Å². The molecule has 7 heteroatoms. The number of aliphatic hydroxyl groups is 1. The fourth-order valence-corrected chi connectivity index (χ4v) is 4.58. The molecule has 0 spiro atoms. The first kappa shape index (κ1) is 15.7. The van der Waals surface area contributed by atoms with Gasteiger partial charge < -0.3 is 5.11 Å². The summed E-state index contributed by atoms with van der Waals surface area (Å²) >= 11 is 5.66. The molecule has 112 valence electrons. The van der Waals surface area contributed by atoms with Crippen LogP contribution in [0.5, 0.6) is 0 Å². The van der Waals surface area contributed by atoms with Crippen LogP contribution in [0.1, 0.15) is 25.7 Å². The van der Waals surface area contributed by atoms with Crippen molar-refractivity contribution in [2.24, 2.45) is 0 Å². The zero-order chi connectivity index (χ0) is 14.8. The number of aliphatic hydroxyl groups excluding tert-OH is 1. The van der Waals surface area contributed by atoms with Crippen LogP contribution in [-0.2, 0) is 10.0 Å². The molecule has 1 unspecified atom stereocenters. The first-order chi connectivity index (χ1) is 9.48. The summed E-state index contributed by atoms with van der Waals surface area (Å²) in [5, 5.41) is 8.85. The molecule has 2 rings (SSSR count). The van der Waals surface area contributed by atoms with Gasteiger partial charge in [0, 0.05) is 19.2 Å². The van der Waals surface area contributed by atoms with Crippen molar-refractivity contribution in [3.63, 3.8) is 0 Å². The molecule has 4 nitrogen and oxygen atoms in total. The Labute approximate surface area is 123 Å². The molecule has 0 aliphatic carbocycles. The molecule has 1 aliphatic heterocycles. The molecule has 20 heavy (non-hydrogen) atoms. The molecule has 1 N–H and O–H groups in total. The molecule has 0 saturated carbocycles. The minimum atomic E-state index is -3.92. The Morgan fingerprint density at radius 1 is 1.40 bits per heavy atom. The summed E-state index contributed by atoms with van der Waals surface area (Å²) in [7, 11) is -3.92. The number of benzene rings is 1. The molecule has 1 heterocycles. The van der Waals surface area contributed by atoms with Crippen molar-refractivity contribution in [2.45, 2.75) is 36.6 Å². The van der Waals surface area contributed by atoms with E-state index in [1.54, 1.807) is 0 Å². The number of hydrogen-bond acceptors (Lipinski definition) is 3. The fraction of sp³-hybridized carbons (Fsp3) is 0.538. The molecule has 1 aliphatic rings. The van der Waals surface area contributed by atoms with Gasteiger partial charge in [-0.05, 0) is 31.4 Å². The number of sulfonamides is 1. The van der Waals surface area contributed by atoms with E-state index in [1.165, 1.54) is 22.5 Å². The lowest BCUT2D eigenvalue weighted by atomic mass is 10.0. The molecule has 0 aromatic heterocycles. The molecule has 0 amide bonds. The highest BCUT2D eigenvalue weighted by atomic mass is 35.5. The first-order valence-corrected chi connectivity index (χ1v) is 8.37. The fourth-order valence-electron chi connectivity index (χ4n) is 2.54. The summed E-state index contributed by atoms with van der Waals surface area (Å²) in [5.41, 5.74) is 0. The molecule has 1 atom stereocenters. The monoisotopic (exact) mass is 321 g/mol. The number of hydrogen-bond donors (Lipinski definition) is 1. The van der Waals surface area contributed by atoms with Gasteiger partial charge in [-0.25, -0.2) is 12.8 Å². The average Bonchev–Trinajstić information content (AvgIpc) is 2.42. The molecule has 0 radical (unpaired) electrons. The van der Waals surface area contributed by atoms with Gasteiger partial charge in [-0.2, -0.15) is 4.31 Å². The van der Waals surface area contributed by atoms with Crippen molar-refractivity contribution in [3.05, 3.63) is 29.0 Å². The van der Waals surface area contributed by atoms with Gasteiger partial charge in [-0.15, -0.1) is 0 Å². The van der Waals surface area contributed by atoms with Gasteiger partial charge in [-0.3, -0.25) is 0 Å². The zero-order valence-corrected chi connectivity index (χ0v) is 12.5. The molecule has 1 saturated heterocycles. The predicted molar refractivity (Wildman–Crippen MR) is 74.6 cm³/mol. The van der Waals surface area contributed by atoms with Gasteiger partial charge >= 0.3 is 0 Å². The Hall–Kier alpha value is -0.690. The average molecular weight is 322 g/mol. The van der Waals surface area contributed by atoms with Gasteiger partial charge in [0.25, 0.3) is 0 Å². The molecule has 1 fully saturated rings. The van der Waals surface area contributed by atoms with E-state index >= 15 is 0 Å². The Bertz CT molecular complexity index is 577. The van der Waals surface area contributed by atoms with Crippen molar-refractivity contribution in [1.29, 1.82) is 0 Å². The lowest BCUT2D eigenvalue weighted by Crippen LogP contribution is -2.44. The topological polar surface area (TPSA) is 57.6 Å². The Morgan fingerprint density at radius 3 is 2.85 bits per heavy atom. The van der Waals surface area contributed by atoms with E-state index in [1.807, 2.05) is 0 Å². The number of piperidine rings is 1. The van der Waals surface area contributed by atoms with Gasteiger partial charge in [0.15, 0.2) is 5.82 Å². The number of halogens is 2. The molecule has 0 bridgehead atoms. The highest BCUT2D eigenvalue weighted by molar-refractivity contribution is 7.89.